The Hall–Kier alpha value is -0.140. The van der Waals surface area contributed by atoms with Crippen molar-refractivity contribution in [1.82, 2.24) is 0 Å². The van der Waals surface area contributed by atoms with Crippen molar-refractivity contribution >= 4 is 23.4 Å². The van der Waals surface area contributed by atoms with Crippen LogP contribution in [0.25, 0.3) is 0 Å². The molecule has 2 heteroatoms. The second kappa shape index (κ2) is 4.80. The maximum Gasteiger partial charge on any atom is 0.0484 e. The standard InChI is InChI=1S/C13H19ClS/c1-9-6-10(2)12(11(3)7-9)15-8-13(4,5)14/h6-7H,8H2,1-5H3. The molecule has 0 fully saturated rings. The molecule has 0 aliphatic carbocycles. The van der Waals surface area contributed by atoms with Crippen LogP contribution in [-0.4, -0.2) is 10.6 Å². The first-order valence-electron chi connectivity index (χ1n) is 5.19. The van der Waals surface area contributed by atoms with Gasteiger partial charge in [-0.25, -0.2) is 0 Å². The van der Waals surface area contributed by atoms with Gasteiger partial charge in [-0.15, -0.1) is 23.4 Å². The van der Waals surface area contributed by atoms with Crippen LogP contribution in [0.1, 0.15) is 30.5 Å². The third kappa shape index (κ3) is 4.08. The van der Waals surface area contributed by atoms with Gasteiger partial charge in [-0.05, 0) is 45.7 Å². The van der Waals surface area contributed by atoms with Crippen molar-refractivity contribution in [3.63, 3.8) is 0 Å². The van der Waals surface area contributed by atoms with Crippen LogP contribution in [0.15, 0.2) is 17.0 Å². The van der Waals surface area contributed by atoms with Gasteiger partial charge in [-0.2, -0.15) is 0 Å². The van der Waals surface area contributed by atoms with E-state index in [1.165, 1.54) is 21.6 Å². The molecule has 0 radical (unpaired) electrons. The van der Waals surface area contributed by atoms with Crippen LogP contribution in [0.3, 0.4) is 0 Å². The number of benzene rings is 1. The molecule has 0 heterocycles. The number of rotatable bonds is 3. The molecule has 0 unspecified atom stereocenters. The largest absolute Gasteiger partial charge is 0.124 e. The summed E-state index contributed by atoms with van der Waals surface area (Å²) < 4.78 is 0. The van der Waals surface area contributed by atoms with Gasteiger partial charge in [0, 0.05) is 15.5 Å². The molecule has 0 aliphatic rings. The molecule has 0 aliphatic heterocycles. The van der Waals surface area contributed by atoms with E-state index in [4.69, 9.17) is 11.6 Å². The summed E-state index contributed by atoms with van der Waals surface area (Å²) in [5.41, 5.74) is 4.05. The van der Waals surface area contributed by atoms with Crippen LogP contribution in [0.5, 0.6) is 0 Å². The highest BCUT2D eigenvalue weighted by atomic mass is 35.5. The number of thioether (sulfide) groups is 1. The number of hydrogen-bond donors (Lipinski definition) is 0. The van der Waals surface area contributed by atoms with Crippen molar-refractivity contribution in [2.45, 2.75) is 44.4 Å². The predicted octanol–water partition coefficient (Wildman–Crippen LogP) is 4.72. The first-order chi connectivity index (χ1) is 6.79. The van der Waals surface area contributed by atoms with E-state index in [1.807, 2.05) is 11.8 Å². The average Bonchev–Trinajstić information content (AvgIpc) is 1.99. The summed E-state index contributed by atoms with van der Waals surface area (Å²) in [4.78, 5) is 1.25. The van der Waals surface area contributed by atoms with Crippen molar-refractivity contribution in [2.75, 3.05) is 5.75 Å². The summed E-state index contributed by atoms with van der Waals surface area (Å²) in [7, 11) is 0. The lowest BCUT2D eigenvalue weighted by atomic mass is 10.1. The van der Waals surface area contributed by atoms with Gasteiger partial charge >= 0.3 is 0 Å². The molecule has 15 heavy (non-hydrogen) atoms. The van der Waals surface area contributed by atoms with Crippen molar-refractivity contribution in [1.29, 1.82) is 0 Å². The SMILES string of the molecule is Cc1cc(C)c(SCC(C)(C)Cl)c(C)c1. The molecule has 0 nitrogen and oxygen atoms in total. The van der Waals surface area contributed by atoms with Gasteiger partial charge in [0.2, 0.25) is 0 Å². The van der Waals surface area contributed by atoms with E-state index in [9.17, 15) is 0 Å². The fourth-order valence-electron chi connectivity index (χ4n) is 1.64. The molecule has 0 aromatic heterocycles. The average molecular weight is 243 g/mol. The van der Waals surface area contributed by atoms with E-state index in [0.29, 0.717) is 0 Å². The summed E-state index contributed by atoms with van der Waals surface area (Å²) in [6, 6.07) is 4.47. The van der Waals surface area contributed by atoms with E-state index < -0.39 is 0 Å². The maximum absolute atomic E-state index is 6.20. The third-order valence-electron chi connectivity index (χ3n) is 2.16. The fraction of sp³-hybridized carbons (Fsp3) is 0.538. The molecule has 0 N–H and O–H groups in total. The second-order valence-electron chi connectivity index (χ2n) is 4.74. The summed E-state index contributed by atoms with van der Waals surface area (Å²) in [6.07, 6.45) is 0. The van der Waals surface area contributed by atoms with Gasteiger partial charge in [0.05, 0.1) is 0 Å². The molecule has 0 saturated heterocycles. The lowest BCUT2D eigenvalue weighted by molar-refractivity contribution is 0.800. The van der Waals surface area contributed by atoms with Crippen molar-refractivity contribution in [3.05, 3.63) is 28.8 Å². The van der Waals surface area contributed by atoms with Crippen LogP contribution in [0.4, 0.5) is 0 Å². The quantitative estimate of drug-likeness (QED) is 0.546. The van der Waals surface area contributed by atoms with Crippen LogP contribution in [-0.2, 0) is 0 Å². The molecule has 0 spiro atoms. The van der Waals surface area contributed by atoms with E-state index >= 15 is 0 Å². The Labute approximate surface area is 102 Å². The van der Waals surface area contributed by atoms with Crippen LogP contribution in [0.2, 0.25) is 0 Å². The molecule has 0 bridgehead atoms. The molecule has 1 aromatic carbocycles. The van der Waals surface area contributed by atoms with Gasteiger partial charge < -0.3 is 0 Å². The van der Waals surface area contributed by atoms with Crippen molar-refractivity contribution in [2.24, 2.45) is 0 Å². The van der Waals surface area contributed by atoms with Crippen LogP contribution < -0.4 is 0 Å². The molecule has 1 rings (SSSR count). The zero-order valence-electron chi connectivity index (χ0n) is 10.1. The predicted molar refractivity (Wildman–Crippen MR) is 71.3 cm³/mol. The Morgan fingerprint density at radius 3 is 2.00 bits per heavy atom. The molecule has 1 aromatic rings. The minimum absolute atomic E-state index is 0.131. The Kier molecular flexibility index (Phi) is 4.13. The first-order valence-corrected chi connectivity index (χ1v) is 6.55. The highest BCUT2D eigenvalue weighted by molar-refractivity contribution is 7.99. The molecule has 84 valence electrons. The molecule has 0 saturated carbocycles. The highest BCUT2D eigenvalue weighted by Gasteiger charge is 2.15. The number of aryl methyl sites for hydroxylation is 3. The lowest BCUT2D eigenvalue weighted by Crippen LogP contribution is -2.13. The van der Waals surface area contributed by atoms with Gasteiger partial charge in [0.1, 0.15) is 0 Å². The number of halogens is 1. The van der Waals surface area contributed by atoms with Crippen molar-refractivity contribution in [3.8, 4) is 0 Å². The maximum atomic E-state index is 6.20. The second-order valence-corrected chi connectivity index (χ2v) is 6.74. The smallest absolute Gasteiger partial charge is 0.0484 e. The molecule has 0 atom stereocenters. The first kappa shape index (κ1) is 12.9. The minimum Gasteiger partial charge on any atom is -0.124 e. The normalized spacial score (nSPS) is 11.9. The van der Waals surface area contributed by atoms with Crippen molar-refractivity contribution < 1.29 is 0 Å². The molecular weight excluding hydrogens is 224 g/mol. The molecular formula is C13H19ClS. The van der Waals surface area contributed by atoms with Crippen LogP contribution >= 0.6 is 23.4 Å². The monoisotopic (exact) mass is 242 g/mol. The van der Waals surface area contributed by atoms with E-state index in [1.54, 1.807) is 0 Å². The van der Waals surface area contributed by atoms with Gasteiger partial charge in [-0.3, -0.25) is 0 Å². The Bertz CT molecular complexity index is 327. The zero-order valence-corrected chi connectivity index (χ0v) is 11.7. The zero-order chi connectivity index (χ0) is 11.6. The van der Waals surface area contributed by atoms with E-state index in [-0.39, 0.29) is 4.87 Å². The number of hydrogen-bond acceptors (Lipinski definition) is 1. The molecule has 0 amide bonds. The fourth-order valence-corrected chi connectivity index (χ4v) is 2.86. The summed E-state index contributed by atoms with van der Waals surface area (Å²) in [6.45, 7) is 10.6. The summed E-state index contributed by atoms with van der Waals surface area (Å²) in [5.74, 6) is 0.944. The van der Waals surface area contributed by atoms with E-state index in [2.05, 4.69) is 46.8 Å². The van der Waals surface area contributed by atoms with Crippen LogP contribution in [0, 0.1) is 20.8 Å². The third-order valence-corrected chi connectivity index (χ3v) is 4.26. The highest BCUT2D eigenvalue weighted by Crippen LogP contribution is 2.31. The lowest BCUT2D eigenvalue weighted by Gasteiger charge is -2.17. The number of alkyl halides is 1. The minimum atomic E-state index is -0.131. The Morgan fingerprint density at radius 1 is 1.13 bits per heavy atom. The Balaban J connectivity index is 2.86. The topological polar surface area (TPSA) is 0 Å². The summed E-state index contributed by atoms with van der Waals surface area (Å²) in [5, 5.41) is 0. The Morgan fingerprint density at radius 2 is 1.60 bits per heavy atom. The summed E-state index contributed by atoms with van der Waals surface area (Å²) >= 11 is 8.06. The van der Waals surface area contributed by atoms with Gasteiger partial charge in [0.15, 0.2) is 0 Å². The van der Waals surface area contributed by atoms with Gasteiger partial charge in [-0.1, -0.05) is 17.7 Å². The van der Waals surface area contributed by atoms with E-state index in [0.717, 1.165) is 5.75 Å². The van der Waals surface area contributed by atoms with Gasteiger partial charge in [0.25, 0.3) is 0 Å².